The zero-order valence-electron chi connectivity index (χ0n) is 17.1. The number of hydrogen-bond acceptors (Lipinski definition) is 6. The molecule has 172 valence electrons. The summed E-state index contributed by atoms with van der Waals surface area (Å²) in [6.45, 7) is -0.409. The largest absolute Gasteiger partial charge is 0.394 e. The van der Waals surface area contributed by atoms with Gasteiger partial charge in [0.15, 0.2) is 6.10 Å². The Morgan fingerprint density at radius 2 is 1.70 bits per heavy atom. The Balaban J connectivity index is 1.71. The number of aromatic nitrogens is 2. The third kappa shape index (κ3) is 6.68. The SMILES string of the molecule is O=c1nc(NCCCCCCCCCCCF)ccn1[C@@H]1O[C@H](CO)[C@@H](O)C1(F)F. The van der Waals surface area contributed by atoms with Crippen LogP contribution < -0.4 is 11.0 Å². The van der Waals surface area contributed by atoms with E-state index in [4.69, 9.17) is 9.84 Å². The molecule has 0 aromatic carbocycles. The molecule has 2 heterocycles. The van der Waals surface area contributed by atoms with Crippen LogP contribution in [0.5, 0.6) is 0 Å². The van der Waals surface area contributed by atoms with Crippen molar-refractivity contribution in [2.24, 2.45) is 0 Å². The maximum absolute atomic E-state index is 14.2. The van der Waals surface area contributed by atoms with Gasteiger partial charge in [-0.2, -0.15) is 13.8 Å². The summed E-state index contributed by atoms with van der Waals surface area (Å²) >= 11 is 0. The fraction of sp³-hybridized carbons (Fsp3) is 0.800. The maximum Gasteiger partial charge on any atom is 0.351 e. The standard InChI is InChI=1S/C20H32F3N3O4/c21-11-8-6-4-2-1-3-5-7-9-12-24-16-10-13-26(19(29)25-16)18-20(22,23)17(28)15(14-27)30-18/h10,13,15,17-18,27-28H,1-9,11-12,14H2,(H,24,25,29)/t15-,17-,18-/m1/s1. The van der Waals surface area contributed by atoms with Crippen LogP contribution in [0.4, 0.5) is 19.0 Å². The minimum atomic E-state index is -3.72. The monoisotopic (exact) mass is 435 g/mol. The first kappa shape index (κ1) is 24.6. The minimum absolute atomic E-state index is 0.231. The number of halogens is 3. The number of nitrogens with one attached hydrogen (secondary N) is 1. The van der Waals surface area contributed by atoms with E-state index in [9.17, 15) is 23.1 Å². The van der Waals surface area contributed by atoms with Gasteiger partial charge in [0.25, 0.3) is 0 Å². The average Bonchev–Trinajstić information content (AvgIpc) is 2.95. The van der Waals surface area contributed by atoms with Gasteiger partial charge >= 0.3 is 11.6 Å². The van der Waals surface area contributed by atoms with Gasteiger partial charge in [-0.3, -0.25) is 8.96 Å². The molecule has 0 spiro atoms. The van der Waals surface area contributed by atoms with Gasteiger partial charge in [-0.1, -0.05) is 44.9 Å². The van der Waals surface area contributed by atoms with Crippen LogP contribution in [0.25, 0.3) is 0 Å². The third-order valence-corrected chi connectivity index (χ3v) is 5.26. The van der Waals surface area contributed by atoms with Gasteiger partial charge < -0.3 is 20.3 Å². The second-order valence-electron chi connectivity index (χ2n) is 7.63. The number of alkyl halides is 3. The van der Waals surface area contributed by atoms with Crippen LogP contribution in [-0.2, 0) is 4.74 Å². The molecule has 0 bridgehead atoms. The second-order valence-corrected chi connectivity index (χ2v) is 7.63. The van der Waals surface area contributed by atoms with Crippen molar-refractivity contribution in [2.75, 3.05) is 25.1 Å². The summed E-state index contributed by atoms with van der Waals surface area (Å²) in [4.78, 5) is 15.9. The van der Waals surface area contributed by atoms with E-state index in [1.165, 1.54) is 6.07 Å². The molecule has 30 heavy (non-hydrogen) atoms. The molecular formula is C20H32F3N3O4. The van der Waals surface area contributed by atoms with E-state index < -0.39 is 36.7 Å². The van der Waals surface area contributed by atoms with Crippen molar-refractivity contribution in [1.82, 2.24) is 9.55 Å². The fourth-order valence-electron chi connectivity index (χ4n) is 3.48. The molecule has 3 atom stereocenters. The highest BCUT2D eigenvalue weighted by Gasteiger charge is 2.59. The maximum atomic E-state index is 14.2. The molecule has 0 amide bonds. The van der Waals surface area contributed by atoms with E-state index in [1.54, 1.807) is 0 Å². The van der Waals surface area contributed by atoms with Crippen molar-refractivity contribution < 1.29 is 28.1 Å². The van der Waals surface area contributed by atoms with Gasteiger partial charge in [0, 0.05) is 12.7 Å². The quantitative estimate of drug-likeness (QED) is 0.389. The molecule has 1 aliphatic heterocycles. The lowest BCUT2D eigenvalue weighted by Gasteiger charge is -2.21. The minimum Gasteiger partial charge on any atom is -0.394 e. The van der Waals surface area contributed by atoms with Crippen LogP contribution >= 0.6 is 0 Å². The summed E-state index contributed by atoms with van der Waals surface area (Å²) < 4.78 is 45.9. The zero-order valence-corrected chi connectivity index (χ0v) is 17.1. The number of hydrogen-bond donors (Lipinski definition) is 3. The third-order valence-electron chi connectivity index (χ3n) is 5.26. The van der Waals surface area contributed by atoms with Crippen molar-refractivity contribution in [3.63, 3.8) is 0 Å². The van der Waals surface area contributed by atoms with Gasteiger partial charge in [-0.25, -0.2) is 4.79 Å². The number of aliphatic hydroxyl groups excluding tert-OH is 2. The predicted molar refractivity (Wildman–Crippen MR) is 106 cm³/mol. The van der Waals surface area contributed by atoms with Crippen molar-refractivity contribution in [3.8, 4) is 0 Å². The predicted octanol–water partition coefficient (Wildman–Crippen LogP) is 3.02. The zero-order chi connectivity index (χ0) is 22.0. The molecule has 0 aliphatic carbocycles. The van der Waals surface area contributed by atoms with Gasteiger partial charge in [-0.15, -0.1) is 0 Å². The van der Waals surface area contributed by atoms with Crippen molar-refractivity contribution in [1.29, 1.82) is 0 Å². The van der Waals surface area contributed by atoms with Crippen LogP contribution in [0.1, 0.15) is 64.0 Å². The fourth-order valence-corrected chi connectivity index (χ4v) is 3.48. The Hall–Kier alpha value is -1.65. The Morgan fingerprint density at radius 3 is 2.23 bits per heavy atom. The van der Waals surface area contributed by atoms with E-state index in [0.29, 0.717) is 17.5 Å². The van der Waals surface area contributed by atoms with Crippen molar-refractivity contribution in [3.05, 3.63) is 22.7 Å². The summed E-state index contributed by atoms with van der Waals surface area (Å²) in [6.07, 6.45) is 4.60. The second kappa shape index (κ2) is 12.3. The smallest absolute Gasteiger partial charge is 0.351 e. The molecule has 0 radical (unpaired) electrons. The number of aliphatic hydroxyl groups is 2. The highest BCUT2D eigenvalue weighted by molar-refractivity contribution is 5.31. The highest BCUT2D eigenvalue weighted by atomic mass is 19.3. The van der Waals surface area contributed by atoms with Crippen LogP contribution in [-0.4, -0.2) is 57.7 Å². The molecular weight excluding hydrogens is 403 g/mol. The lowest BCUT2D eigenvalue weighted by molar-refractivity contribution is -0.140. The number of nitrogens with zero attached hydrogens (tertiary/aromatic N) is 2. The molecule has 0 unspecified atom stereocenters. The van der Waals surface area contributed by atoms with Crippen LogP contribution in [0.15, 0.2) is 17.1 Å². The Labute approximate surface area is 174 Å². The Bertz CT molecular complexity index is 690. The first-order valence-electron chi connectivity index (χ1n) is 10.6. The van der Waals surface area contributed by atoms with Gasteiger partial charge in [0.05, 0.1) is 13.3 Å². The Morgan fingerprint density at radius 1 is 1.10 bits per heavy atom. The van der Waals surface area contributed by atoms with Crippen LogP contribution in [0.2, 0.25) is 0 Å². The molecule has 1 aliphatic rings. The number of ether oxygens (including phenoxy) is 1. The number of anilines is 1. The first-order chi connectivity index (χ1) is 14.4. The van der Waals surface area contributed by atoms with Crippen LogP contribution in [0, 0.1) is 0 Å². The summed E-state index contributed by atoms with van der Waals surface area (Å²) in [5, 5.41) is 21.6. The number of unbranched alkanes of at least 4 members (excludes halogenated alkanes) is 8. The summed E-state index contributed by atoms with van der Waals surface area (Å²) in [5.41, 5.74) is -0.928. The summed E-state index contributed by atoms with van der Waals surface area (Å²) in [6, 6.07) is 1.40. The summed E-state index contributed by atoms with van der Waals surface area (Å²) in [5.74, 6) is -3.44. The molecule has 2 rings (SSSR count). The average molecular weight is 435 g/mol. The molecule has 1 aromatic heterocycles. The molecule has 3 N–H and O–H groups in total. The highest BCUT2D eigenvalue weighted by Crippen LogP contribution is 2.41. The summed E-state index contributed by atoms with van der Waals surface area (Å²) in [7, 11) is 0. The Kier molecular flexibility index (Phi) is 10.1. The lowest BCUT2D eigenvalue weighted by Crippen LogP contribution is -2.41. The first-order valence-corrected chi connectivity index (χ1v) is 10.6. The molecule has 10 heteroatoms. The van der Waals surface area contributed by atoms with Gasteiger partial charge in [-0.05, 0) is 18.9 Å². The van der Waals surface area contributed by atoms with E-state index in [2.05, 4.69) is 10.3 Å². The van der Waals surface area contributed by atoms with E-state index in [1.807, 2.05) is 0 Å². The topological polar surface area (TPSA) is 96.6 Å². The normalized spacial score (nSPS) is 23.0. The van der Waals surface area contributed by atoms with Crippen molar-refractivity contribution in [2.45, 2.75) is 82.1 Å². The molecule has 1 aromatic rings. The van der Waals surface area contributed by atoms with Crippen LogP contribution in [0.3, 0.4) is 0 Å². The van der Waals surface area contributed by atoms with Gasteiger partial charge in [0.1, 0.15) is 11.9 Å². The molecule has 1 fully saturated rings. The molecule has 7 nitrogen and oxygen atoms in total. The van der Waals surface area contributed by atoms with E-state index in [0.717, 1.165) is 57.6 Å². The van der Waals surface area contributed by atoms with E-state index in [-0.39, 0.29) is 12.5 Å². The lowest BCUT2D eigenvalue weighted by atomic mass is 10.1. The van der Waals surface area contributed by atoms with Crippen molar-refractivity contribution >= 4 is 5.82 Å². The van der Waals surface area contributed by atoms with E-state index >= 15 is 0 Å². The molecule has 0 saturated carbocycles. The molecule has 1 saturated heterocycles. The number of rotatable bonds is 14. The van der Waals surface area contributed by atoms with Gasteiger partial charge in [0.2, 0.25) is 6.23 Å².